The van der Waals surface area contributed by atoms with E-state index in [1.165, 1.54) is 12.1 Å². The molecule has 0 saturated carbocycles. The lowest BCUT2D eigenvalue weighted by atomic mass is 10.1. The van der Waals surface area contributed by atoms with Crippen molar-refractivity contribution in [3.05, 3.63) is 65.5 Å². The second-order valence-corrected chi connectivity index (χ2v) is 3.85. The molecule has 0 aliphatic heterocycles. The summed E-state index contributed by atoms with van der Waals surface area (Å²) in [5, 5.41) is 9.84. The molecule has 0 aliphatic carbocycles. The predicted octanol–water partition coefficient (Wildman–Crippen LogP) is 2.49. The van der Waals surface area contributed by atoms with E-state index in [-0.39, 0.29) is 5.82 Å². The van der Waals surface area contributed by atoms with E-state index in [4.69, 9.17) is 5.73 Å². The van der Waals surface area contributed by atoms with Gasteiger partial charge in [0, 0.05) is 11.3 Å². The van der Waals surface area contributed by atoms with Crippen LogP contribution in [0.25, 0.3) is 0 Å². The van der Waals surface area contributed by atoms with Gasteiger partial charge in [0.25, 0.3) is 0 Å². The average molecular weight is 241 g/mol. The van der Waals surface area contributed by atoms with Crippen molar-refractivity contribution in [3.63, 3.8) is 0 Å². The average Bonchev–Trinajstić information content (AvgIpc) is 2.38. The van der Waals surface area contributed by atoms with Crippen molar-refractivity contribution in [2.24, 2.45) is 0 Å². The molecular weight excluding hydrogens is 229 g/mol. The Kier molecular flexibility index (Phi) is 3.61. The van der Waals surface area contributed by atoms with E-state index >= 15 is 0 Å². The lowest BCUT2D eigenvalue weighted by molar-refractivity contribution is 0.238. The lowest BCUT2D eigenvalue weighted by Crippen LogP contribution is -1.94. The molecule has 0 fully saturated rings. The predicted molar refractivity (Wildman–Crippen MR) is 69.1 cm³/mol. The fraction of sp³-hybridized carbons (Fsp3) is 0.0667. The lowest BCUT2D eigenvalue weighted by Gasteiger charge is -2.03. The van der Waals surface area contributed by atoms with Gasteiger partial charge in [0.15, 0.2) is 0 Å². The van der Waals surface area contributed by atoms with Crippen molar-refractivity contribution in [1.82, 2.24) is 0 Å². The van der Waals surface area contributed by atoms with Crippen LogP contribution in [0.3, 0.4) is 0 Å². The Morgan fingerprint density at radius 1 is 1.00 bits per heavy atom. The molecule has 1 atom stereocenters. The van der Waals surface area contributed by atoms with Crippen LogP contribution in [0, 0.1) is 17.7 Å². The maximum Gasteiger partial charge on any atom is 0.140 e. The van der Waals surface area contributed by atoms with Crippen LogP contribution in [0.2, 0.25) is 0 Å². The molecule has 3 N–H and O–H groups in total. The van der Waals surface area contributed by atoms with Crippen molar-refractivity contribution < 1.29 is 9.50 Å². The monoisotopic (exact) mass is 241 g/mol. The molecule has 2 nitrogen and oxygen atoms in total. The zero-order valence-corrected chi connectivity index (χ0v) is 9.60. The summed E-state index contributed by atoms with van der Waals surface area (Å²) in [5.74, 6) is 5.18. The Hall–Kier alpha value is -2.31. The second-order valence-electron chi connectivity index (χ2n) is 3.85. The van der Waals surface area contributed by atoms with Gasteiger partial charge < -0.3 is 10.8 Å². The first-order valence-electron chi connectivity index (χ1n) is 5.46. The summed E-state index contributed by atoms with van der Waals surface area (Å²) in [6.07, 6.45) is -0.879. The highest BCUT2D eigenvalue weighted by Crippen LogP contribution is 2.14. The Bertz CT molecular complexity index is 579. The van der Waals surface area contributed by atoms with Gasteiger partial charge in [0.05, 0.1) is 0 Å². The first kappa shape index (κ1) is 12.2. The minimum absolute atomic E-state index is 0.306. The van der Waals surface area contributed by atoms with Gasteiger partial charge in [-0.05, 0) is 42.0 Å². The Labute approximate surface area is 105 Å². The number of hydrogen-bond donors (Lipinski definition) is 2. The van der Waals surface area contributed by atoms with Gasteiger partial charge in [-0.2, -0.15) is 0 Å². The van der Waals surface area contributed by atoms with Crippen LogP contribution in [0.15, 0.2) is 48.5 Å². The summed E-state index contributed by atoms with van der Waals surface area (Å²) in [4.78, 5) is 0. The Balaban J connectivity index is 2.14. The molecule has 3 heteroatoms. The third-order valence-corrected chi connectivity index (χ3v) is 2.45. The molecular formula is C15H12FNO. The number of anilines is 1. The van der Waals surface area contributed by atoms with Crippen molar-refractivity contribution >= 4 is 5.69 Å². The Morgan fingerprint density at radius 3 is 2.22 bits per heavy atom. The largest absolute Gasteiger partial charge is 0.399 e. The molecule has 0 radical (unpaired) electrons. The molecule has 2 aromatic rings. The molecule has 0 heterocycles. The van der Waals surface area contributed by atoms with E-state index in [1.807, 2.05) is 0 Å². The molecule has 0 amide bonds. The van der Waals surface area contributed by atoms with E-state index in [0.717, 1.165) is 0 Å². The van der Waals surface area contributed by atoms with Crippen molar-refractivity contribution in [3.8, 4) is 11.8 Å². The number of aliphatic hydroxyl groups excluding tert-OH is 1. The van der Waals surface area contributed by atoms with Gasteiger partial charge in [-0.15, -0.1) is 0 Å². The zero-order valence-electron chi connectivity index (χ0n) is 9.60. The topological polar surface area (TPSA) is 46.2 Å². The van der Waals surface area contributed by atoms with Crippen molar-refractivity contribution in [2.75, 3.05) is 5.73 Å². The number of halogens is 1. The van der Waals surface area contributed by atoms with Gasteiger partial charge >= 0.3 is 0 Å². The van der Waals surface area contributed by atoms with Crippen LogP contribution in [0.5, 0.6) is 0 Å². The summed E-state index contributed by atoms with van der Waals surface area (Å²) in [6.45, 7) is 0. The number of nitrogen functional groups attached to an aromatic ring is 1. The van der Waals surface area contributed by atoms with E-state index in [1.54, 1.807) is 36.4 Å². The number of aliphatic hydroxyl groups is 1. The number of benzene rings is 2. The first-order chi connectivity index (χ1) is 8.65. The molecule has 2 aromatic carbocycles. The molecule has 2 rings (SSSR count). The SMILES string of the molecule is Nc1ccc(C(O)C#Cc2ccc(F)cc2)cc1. The van der Waals surface area contributed by atoms with E-state index in [2.05, 4.69) is 11.8 Å². The summed E-state index contributed by atoms with van der Waals surface area (Å²) < 4.78 is 12.7. The summed E-state index contributed by atoms with van der Waals surface area (Å²) >= 11 is 0. The third-order valence-electron chi connectivity index (χ3n) is 2.45. The smallest absolute Gasteiger partial charge is 0.140 e. The van der Waals surface area contributed by atoms with Crippen molar-refractivity contribution in [2.45, 2.75) is 6.10 Å². The van der Waals surface area contributed by atoms with Crippen LogP contribution >= 0.6 is 0 Å². The molecule has 0 bridgehead atoms. The fourth-order valence-corrected chi connectivity index (χ4v) is 1.45. The van der Waals surface area contributed by atoms with E-state index in [9.17, 15) is 9.50 Å². The van der Waals surface area contributed by atoms with E-state index < -0.39 is 6.10 Å². The van der Waals surface area contributed by atoms with Crippen molar-refractivity contribution in [1.29, 1.82) is 0 Å². The second kappa shape index (κ2) is 5.35. The van der Waals surface area contributed by atoms with Crippen LogP contribution in [0.1, 0.15) is 17.2 Å². The normalized spacial score (nSPS) is 11.4. The summed E-state index contributed by atoms with van der Waals surface area (Å²) in [7, 11) is 0. The maximum atomic E-state index is 12.7. The summed E-state index contributed by atoms with van der Waals surface area (Å²) in [5.41, 5.74) is 7.53. The van der Waals surface area contributed by atoms with Crippen LogP contribution < -0.4 is 5.73 Å². The maximum absolute atomic E-state index is 12.7. The highest BCUT2D eigenvalue weighted by Gasteiger charge is 2.02. The van der Waals surface area contributed by atoms with E-state index in [0.29, 0.717) is 16.8 Å². The Morgan fingerprint density at radius 2 is 1.61 bits per heavy atom. The van der Waals surface area contributed by atoms with Crippen LogP contribution in [0.4, 0.5) is 10.1 Å². The number of rotatable bonds is 1. The minimum atomic E-state index is -0.879. The highest BCUT2D eigenvalue weighted by atomic mass is 19.1. The van der Waals surface area contributed by atoms with Gasteiger partial charge in [0.1, 0.15) is 11.9 Å². The van der Waals surface area contributed by atoms with Gasteiger partial charge in [-0.25, -0.2) is 4.39 Å². The van der Waals surface area contributed by atoms with Crippen LogP contribution in [-0.4, -0.2) is 5.11 Å². The number of nitrogens with two attached hydrogens (primary N) is 1. The first-order valence-corrected chi connectivity index (χ1v) is 5.46. The van der Waals surface area contributed by atoms with Crippen LogP contribution in [-0.2, 0) is 0 Å². The highest BCUT2D eigenvalue weighted by molar-refractivity contribution is 5.42. The molecule has 0 aromatic heterocycles. The third kappa shape index (κ3) is 3.09. The quantitative estimate of drug-likeness (QED) is 0.595. The number of hydrogen-bond acceptors (Lipinski definition) is 2. The standard InChI is InChI=1S/C15H12FNO/c16-13-6-1-11(2-7-13)3-10-15(18)12-4-8-14(17)9-5-12/h1-2,4-9,15,18H,17H2. The fourth-order valence-electron chi connectivity index (χ4n) is 1.45. The molecule has 90 valence electrons. The minimum Gasteiger partial charge on any atom is -0.399 e. The molecule has 0 aliphatic rings. The van der Waals surface area contributed by atoms with Gasteiger partial charge in [0.2, 0.25) is 0 Å². The zero-order chi connectivity index (χ0) is 13.0. The molecule has 0 saturated heterocycles. The molecule has 0 spiro atoms. The van der Waals surface area contributed by atoms with Gasteiger partial charge in [-0.3, -0.25) is 0 Å². The molecule has 1 unspecified atom stereocenters. The summed E-state index contributed by atoms with van der Waals surface area (Å²) in [6, 6.07) is 12.7. The van der Waals surface area contributed by atoms with Gasteiger partial charge in [-0.1, -0.05) is 24.0 Å². The molecule has 18 heavy (non-hydrogen) atoms.